The molecule has 0 saturated carbocycles. The fourth-order valence-electron chi connectivity index (χ4n) is 2.15. The largest absolute Gasteiger partial charge is 0.350 e. The van der Waals surface area contributed by atoms with Crippen LogP contribution in [0.1, 0.15) is 19.4 Å². The average molecular weight is 216 g/mol. The topological polar surface area (TPSA) is 17.0 Å². The van der Waals surface area contributed by atoms with E-state index in [0.717, 1.165) is 6.42 Å². The first-order valence-electron chi connectivity index (χ1n) is 5.75. The number of para-hydroxylation sites is 1. The van der Waals surface area contributed by atoms with E-state index in [4.69, 9.17) is 0 Å². The van der Waals surface area contributed by atoms with Gasteiger partial charge in [0.05, 0.1) is 5.52 Å². The minimum atomic E-state index is 0.137. The SMILES string of the molecule is CNC(C)(C)Cc1cccc2ccn(C)c12. The lowest BCUT2D eigenvalue weighted by Gasteiger charge is -2.24. The first-order valence-corrected chi connectivity index (χ1v) is 5.75. The Morgan fingerprint density at radius 1 is 1.25 bits per heavy atom. The van der Waals surface area contributed by atoms with Crippen LogP contribution in [0.15, 0.2) is 30.5 Å². The maximum atomic E-state index is 3.36. The molecule has 1 aromatic carbocycles. The number of hydrogen-bond acceptors (Lipinski definition) is 1. The number of hydrogen-bond donors (Lipinski definition) is 1. The predicted molar refractivity (Wildman–Crippen MR) is 69.8 cm³/mol. The van der Waals surface area contributed by atoms with Crippen molar-refractivity contribution in [1.82, 2.24) is 9.88 Å². The highest BCUT2D eigenvalue weighted by Crippen LogP contribution is 2.23. The number of fused-ring (bicyclic) bond motifs is 1. The molecule has 0 atom stereocenters. The first-order chi connectivity index (χ1) is 7.53. The standard InChI is InChI=1S/C14H20N2/c1-14(2,15-3)10-12-7-5-6-11-8-9-16(4)13(11)12/h5-9,15H,10H2,1-4H3. The van der Waals surface area contributed by atoms with Gasteiger partial charge in [0.15, 0.2) is 0 Å². The molecule has 0 fully saturated rings. The molecule has 1 aromatic heterocycles. The minimum Gasteiger partial charge on any atom is -0.350 e. The summed E-state index contributed by atoms with van der Waals surface area (Å²) < 4.78 is 2.20. The van der Waals surface area contributed by atoms with E-state index >= 15 is 0 Å². The van der Waals surface area contributed by atoms with Gasteiger partial charge in [-0.15, -0.1) is 0 Å². The molecule has 2 heteroatoms. The van der Waals surface area contributed by atoms with Crippen molar-refractivity contribution < 1.29 is 0 Å². The predicted octanol–water partition coefficient (Wildman–Crippen LogP) is 2.72. The second-order valence-corrected chi connectivity index (χ2v) is 5.09. The van der Waals surface area contributed by atoms with Crippen LogP contribution in [-0.4, -0.2) is 17.2 Å². The number of nitrogens with one attached hydrogen (secondary N) is 1. The van der Waals surface area contributed by atoms with Gasteiger partial charge < -0.3 is 9.88 Å². The fourth-order valence-corrected chi connectivity index (χ4v) is 2.15. The Balaban J connectivity index is 2.48. The normalized spacial score (nSPS) is 12.2. The molecule has 0 amide bonds. The van der Waals surface area contributed by atoms with E-state index in [1.54, 1.807) is 0 Å². The molecule has 86 valence electrons. The summed E-state index contributed by atoms with van der Waals surface area (Å²) in [4.78, 5) is 0. The molecule has 0 spiro atoms. The number of aromatic nitrogens is 1. The van der Waals surface area contributed by atoms with Crippen molar-refractivity contribution in [2.24, 2.45) is 7.05 Å². The van der Waals surface area contributed by atoms with Crippen molar-refractivity contribution in [1.29, 1.82) is 0 Å². The maximum Gasteiger partial charge on any atom is 0.0510 e. The van der Waals surface area contributed by atoms with E-state index in [1.807, 2.05) is 7.05 Å². The molecule has 0 saturated heterocycles. The van der Waals surface area contributed by atoms with Gasteiger partial charge in [-0.3, -0.25) is 0 Å². The molecule has 2 rings (SSSR count). The van der Waals surface area contributed by atoms with Gasteiger partial charge in [0.2, 0.25) is 0 Å². The van der Waals surface area contributed by atoms with Gasteiger partial charge in [0, 0.05) is 18.8 Å². The highest BCUT2D eigenvalue weighted by Gasteiger charge is 2.17. The van der Waals surface area contributed by atoms with Gasteiger partial charge in [0.1, 0.15) is 0 Å². The summed E-state index contributed by atoms with van der Waals surface area (Å²) >= 11 is 0. The summed E-state index contributed by atoms with van der Waals surface area (Å²) in [6.45, 7) is 4.46. The Morgan fingerprint density at radius 3 is 2.69 bits per heavy atom. The summed E-state index contributed by atoms with van der Waals surface area (Å²) in [7, 11) is 4.13. The van der Waals surface area contributed by atoms with Crippen LogP contribution < -0.4 is 5.32 Å². The number of rotatable bonds is 3. The van der Waals surface area contributed by atoms with Crippen molar-refractivity contribution in [3.05, 3.63) is 36.0 Å². The van der Waals surface area contributed by atoms with Gasteiger partial charge >= 0.3 is 0 Å². The van der Waals surface area contributed by atoms with Crippen molar-refractivity contribution in [2.75, 3.05) is 7.05 Å². The molecule has 0 bridgehead atoms. The van der Waals surface area contributed by atoms with Gasteiger partial charge in [0.25, 0.3) is 0 Å². The molecular formula is C14H20N2. The van der Waals surface area contributed by atoms with Crippen LogP contribution >= 0.6 is 0 Å². The molecule has 0 aliphatic heterocycles. The minimum absolute atomic E-state index is 0.137. The van der Waals surface area contributed by atoms with Gasteiger partial charge in [-0.1, -0.05) is 18.2 Å². The van der Waals surface area contributed by atoms with Gasteiger partial charge in [-0.25, -0.2) is 0 Å². The Kier molecular flexibility index (Phi) is 2.76. The smallest absolute Gasteiger partial charge is 0.0510 e. The lowest BCUT2D eigenvalue weighted by atomic mass is 9.94. The molecule has 0 unspecified atom stereocenters. The van der Waals surface area contributed by atoms with E-state index in [9.17, 15) is 0 Å². The number of aryl methyl sites for hydroxylation is 1. The summed E-state index contributed by atoms with van der Waals surface area (Å²) in [5.41, 5.74) is 2.90. The molecule has 0 radical (unpaired) electrons. The Bertz CT molecular complexity index is 494. The second kappa shape index (κ2) is 3.95. The van der Waals surface area contributed by atoms with Crippen LogP contribution in [0.4, 0.5) is 0 Å². The van der Waals surface area contributed by atoms with Crippen LogP contribution in [0.3, 0.4) is 0 Å². The third-order valence-electron chi connectivity index (χ3n) is 3.29. The number of benzene rings is 1. The number of likely N-dealkylation sites (N-methyl/N-ethyl adjacent to an activating group) is 1. The Labute approximate surface area is 97.3 Å². The lowest BCUT2D eigenvalue weighted by molar-refractivity contribution is 0.423. The van der Waals surface area contributed by atoms with Crippen LogP contribution in [0, 0.1) is 0 Å². The van der Waals surface area contributed by atoms with E-state index in [2.05, 4.69) is 61.2 Å². The highest BCUT2D eigenvalue weighted by atomic mass is 14.9. The number of nitrogens with zero attached hydrogens (tertiary/aromatic N) is 1. The van der Waals surface area contributed by atoms with Gasteiger partial charge in [-0.2, -0.15) is 0 Å². The van der Waals surface area contributed by atoms with Crippen LogP contribution in [0.2, 0.25) is 0 Å². The third kappa shape index (κ3) is 1.98. The van der Waals surface area contributed by atoms with E-state index in [0.29, 0.717) is 0 Å². The summed E-state index contributed by atoms with van der Waals surface area (Å²) in [5.74, 6) is 0. The Morgan fingerprint density at radius 2 is 2.00 bits per heavy atom. The van der Waals surface area contributed by atoms with Crippen molar-refractivity contribution in [3.8, 4) is 0 Å². The molecule has 2 nitrogen and oxygen atoms in total. The lowest BCUT2D eigenvalue weighted by Crippen LogP contribution is -2.38. The fraction of sp³-hybridized carbons (Fsp3) is 0.429. The zero-order chi connectivity index (χ0) is 11.8. The molecule has 1 heterocycles. The van der Waals surface area contributed by atoms with E-state index in [1.165, 1.54) is 16.5 Å². The van der Waals surface area contributed by atoms with Crippen molar-refractivity contribution in [2.45, 2.75) is 25.8 Å². The summed E-state index contributed by atoms with van der Waals surface area (Å²) in [6, 6.07) is 8.71. The molecular weight excluding hydrogens is 196 g/mol. The second-order valence-electron chi connectivity index (χ2n) is 5.09. The van der Waals surface area contributed by atoms with E-state index < -0.39 is 0 Å². The van der Waals surface area contributed by atoms with Crippen molar-refractivity contribution in [3.63, 3.8) is 0 Å². The van der Waals surface area contributed by atoms with Crippen LogP contribution in [0.25, 0.3) is 10.9 Å². The summed E-state index contributed by atoms with van der Waals surface area (Å²) in [5, 5.41) is 4.68. The molecule has 2 aromatic rings. The monoisotopic (exact) mass is 216 g/mol. The van der Waals surface area contributed by atoms with Gasteiger partial charge in [-0.05, 0) is 44.3 Å². The molecule has 16 heavy (non-hydrogen) atoms. The third-order valence-corrected chi connectivity index (χ3v) is 3.29. The molecule has 0 aliphatic carbocycles. The zero-order valence-electron chi connectivity index (χ0n) is 10.5. The Hall–Kier alpha value is -1.28. The summed E-state index contributed by atoms with van der Waals surface area (Å²) in [6.07, 6.45) is 3.17. The zero-order valence-corrected chi connectivity index (χ0v) is 10.5. The molecule has 0 aliphatic rings. The highest BCUT2D eigenvalue weighted by molar-refractivity contribution is 5.83. The van der Waals surface area contributed by atoms with Crippen molar-refractivity contribution >= 4 is 10.9 Å². The van der Waals surface area contributed by atoms with E-state index in [-0.39, 0.29) is 5.54 Å². The molecule has 1 N–H and O–H groups in total. The first kappa shape index (κ1) is 11.2. The van der Waals surface area contributed by atoms with Crippen LogP contribution in [-0.2, 0) is 13.5 Å². The average Bonchev–Trinajstić information content (AvgIpc) is 2.61. The van der Waals surface area contributed by atoms with Crippen LogP contribution in [0.5, 0.6) is 0 Å². The maximum absolute atomic E-state index is 3.36. The quantitative estimate of drug-likeness (QED) is 0.834.